The van der Waals surface area contributed by atoms with E-state index in [2.05, 4.69) is 24.1 Å². The van der Waals surface area contributed by atoms with Gasteiger partial charge in [0.25, 0.3) is 0 Å². The molecule has 1 amide bonds. The monoisotopic (exact) mass is 307 g/mol. The van der Waals surface area contributed by atoms with E-state index in [4.69, 9.17) is 0 Å². The number of unbranched alkanes of at least 4 members (excludes halogenated alkanes) is 3. The van der Waals surface area contributed by atoms with Gasteiger partial charge >= 0.3 is 0 Å². The van der Waals surface area contributed by atoms with Crippen LogP contribution in [0.5, 0.6) is 0 Å². The van der Waals surface area contributed by atoms with Crippen LogP contribution in [0.4, 0.5) is 0 Å². The van der Waals surface area contributed by atoms with E-state index >= 15 is 0 Å². The minimum absolute atomic E-state index is 0.0722. The molecule has 1 N–H and O–H groups in total. The highest BCUT2D eigenvalue weighted by Gasteiger charge is 2.07. The molecule has 116 valence electrons. The topological polar surface area (TPSA) is 46.4 Å². The second kappa shape index (κ2) is 8.17. The molecule has 4 nitrogen and oxygen atoms in total. The van der Waals surface area contributed by atoms with E-state index < -0.39 is 0 Å². The van der Waals surface area contributed by atoms with E-state index in [1.54, 1.807) is 11.3 Å². The highest BCUT2D eigenvalue weighted by atomic mass is 32.1. The van der Waals surface area contributed by atoms with Crippen LogP contribution in [0.2, 0.25) is 0 Å². The Labute approximate surface area is 130 Å². The van der Waals surface area contributed by atoms with Crippen LogP contribution in [0.3, 0.4) is 0 Å². The number of nitrogens with zero attached hydrogens (tertiary/aromatic N) is 2. The van der Waals surface area contributed by atoms with Crippen molar-refractivity contribution in [1.82, 2.24) is 14.7 Å². The second-order valence-electron chi connectivity index (χ2n) is 5.95. The fourth-order valence-electron chi connectivity index (χ4n) is 2.35. The van der Waals surface area contributed by atoms with Crippen molar-refractivity contribution in [3.05, 3.63) is 23.5 Å². The number of thiazole rings is 1. The van der Waals surface area contributed by atoms with Crippen molar-refractivity contribution in [3.8, 4) is 0 Å². The Hall–Kier alpha value is -1.36. The molecular formula is C16H25N3OS. The van der Waals surface area contributed by atoms with Gasteiger partial charge in [-0.05, 0) is 12.3 Å². The number of imidazole rings is 1. The number of carbonyl (C=O) groups is 1. The number of nitrogens with one attached hydrogen (secondary N) is 1. The molecule has 0 radical (unpaired) electrons. The standard InChI is InChI=1S/C16H25N3OS/c1-13(2)7-5-3-4-6-8-17-15(20)11-14-12-19-9-10-21-16(19)18-14/h9-10,12-13H,3-8,11H2,1-2H3,(H,17,20). The molecular weight excluding hydrogens is 282 g/mol. The maximum atomic E-state index is 11.8. The number of aromatic nitrogens is 2. The lowest BCUT2D eigenvalue weighted by Gasteiger charge is -2.05. The van der Waals surface area contributed by atoms with Crippen LogP contribution < -0.4 is 5.32 Å². The summed E-state index contributed by atoms with van der Waals surface area (Å²) in [6.45, 7) is 5.31. The summed E-state index contributed by atoms with van der Waals surface area (Å²) in [6, 6.07) is 0. The normalized spacial score (nSPS) is 11.4. The highest BCUT2D eigenvalue weighted by molar-refractivity contribution is 7.15. The lowest BCUT2D eigenvalue weighted by molar-refractivity contribution is -0.120. The van der Waals surface area contributed by atoms with Gasteiger partial charge in [-0.3, -0.25) is 9.20 Å². The molecule has 0 aliphatic heterocycles. The average Bonchev–Trinajstić information content (AvgIpc) is 2.98. The summed E-state index contributed by atoms with van der Waals surface area (Å²) in [7, 11) is 0. The predicted octanol–water partition coefficient (Wildman–Crippen LogP) is 3.66. The molecule has 0 aliphatic rings. The lowest BCUT2D eigenvalue weighted by atomic mass is 10.0. The molecule has 0 aromatic carbocycles. The number of hydrogen-bond donors (Lipinski definition) is 1. The van der Waals surface area contributed by atoms with Gasteiger partial charge < -0.3 is 5.32 Å². The fraction of sp³-hybridized carbons (Fsp3) is 0.625. The van der Waals surface area contributed by atoms with Crippen LogP contribution in [0, 0.1) is 5.92 Å². The van der Waals surface area contributed by atoms with E-state index in [0.29, 0.717) is 6.42 Å². The first-order valence-electron chi connectivity index (χ1n) is 7.83. The number of hydrogen-bond acceptors (Lipinski definition) is 3. The van der Waals surface area contributed by atoms with E-state index in [9.17, 15) is 4.79 Å². The van der Waals surface area contributed by atoms with Crippen molar-refractivity contribution in [3.63, 3.8) is 0 Å². The van der Waals surface area contributed by atoms with Crippen LogP contribution in [0.25, 0.3) is 4.96 Å². The fourth-order valence-corrected chi connectivity index (χ4v) is 3.07. The smallest absolute Gasteiger partial charge is 0.226 e. The molecule has 0 saturated heterocycles. The van der Waals surface area contributed by atoms with Gasteiger partial charge in [-0.1, -0.05) is 39.5 Å². The van der Waals surface area contributed by atoms with Gasteiger partial charge in [-0.2, -0.15) is 0 Å². The summed E-state index contributed by atoms with van der Waals surface area (Å²) in [5, 5.41) is 4.97. The minimum Gasteiger partial charge on any atom is -0.356 e. The summed E-state index contributed by atoms with van der Waals surface area (Å²) in [4.78, 5) is 17.2. The summed E-state index contributed by atoms with van der Waals surface area (Å²) in [5.74, 6) is 0.872. The lowest BCUT2D eigenvalue weighted by Crippen LogP contribution is -2.26. The van der Waals surface area contributed by atoms with Crippen molar-refractivity contribution in [2.45, 2.75) is 52.4 Å². The van der Waals surface area contributed by atoms with E-state index in [-0.39, 0.29) is 5.91 Å². The third-order valence-corrected chi connectivity index (χ3v) is 4.29. The van der Waals surface area contributed by atoms with Gasteiger partial charge in [0.2, 0.25) is 5.91 Å². The second-order valence-corrected chi connectivity index (χ2v) is 6.82. The van der Waals surface area contributed by atoms with Crippen molar-refractivity contribution in [2.24, 2.45) is 5.92 Å². The summed E-state index contributed by atoms with van der Waals surface area (Å²) in [6.07, 6.45) is 10.4. The maximum absolute atomic E-state index is 11.8. The maximum Gasteiger partial charge on any atom is 0.226 e. The Morgan fingerprint density at radius 1 is 1.33 bits per heavy atom. The molecule has 0 fully saturated rings. The van der Waals surface area contributed by atoms with E-state index in [1.807, 2.05) is 22.2 Å². The molecule has 0 saturated carbocycles. The number of rotatable bonds is 9. The molecule has 0 spiro atoms. The Morgan fingerprint density at radius 2 is 2.14 bits per heavy atom. The molecule has 2 rings (SSSR count). The van der Waals surface area contributed by atoms with Crippen molar-refractivity contribution in [1.29, 1.82) is 0 Å². The van der Waals surface area contributed by atoms with Gasteiger partial charge in [0.1, 0.15) is 0 Å². The van der Waals surface area contributed by atoms with Gasteiger partial charge in [0.15, 0.2) is 4.96 Å². The highest BCUT2D eigenvalue weighted by Crippen LogP contribution is 2.12. The number of amides is 1. The SMILES string of the molecule is CC(C)CCCCCCNC(=O)Cc1cn2ccsc2n1. The molecule has 0 aliphatic carbocycles. The van der Waals surface area contributed by atoms with Gasteiger partial charge in [0.05, 0.1) is 12.1 Å². The molecule has 2 aromatic heterocycles. The average molecular weight is 307 g/mol. The molecule has 2 heterocycles. The zero-order valence-electron chi connectivity index (χ0n) is 13.0. The molecule has 0 atom stereocenters. The van der Waals surface area contributed by atoms with E-state index in [1.165, 1.54) is 25.7 Å². The molecule has 2 aromatic rings. The molecule has 0 bridgehead atoms. The van der Waals surface area contributed by atoms with Crippen molar-refractivity contribution < 1.29 is 4.79 Å². The number of fused-ring (bicyclic) bond motifs is 1. The van der Waals surface area contributed by atoms with Gasteiger partial charge in [-0.15, -0.1) is 11.3 Å². The third kappa shape index (κ3) is 5.50. The van der Waals surface area contributed by atoms with Crippen LogP contribution in [0.1, 0.15) is 51.6 Å². The predicted molar refractivity (Wildman–Crippen MR) is 87.7 cm³/mol. The Morgan fingerprint density at radius 3 is 2.90 bits per heavy atom. The summed E-state index contributed by atoms with van der Waals surface area (Å²) in [5.41, 5.74) is 0.844. The molecule has 0 unspecified atom stereocenters. The Balaban J connectivity index is 1.56. The first-order chi connectivity index (χ1) is 10.1. The van der Waals surface area contributed by atoms with Crippen LogP contribution in [-0.4, -0.2) is 21.8 Å². The molecule has 21 heavy (non-hydrogen) atoms. The van der Waals surface area contributed by atoms with Crippen molar-refractivity contribution in [2.75, 3.05) is 6.54 Å². The zero-order chi connectivity index (χ0) is 15.1. The third-order valence-electron chi connectivity index (χ3n) is 3.52. The van der Waals surface area contributed by atoms with Gasteiger partial charge in [-0.25, -0.2) is 4.98 Å². The Kier molecular flexibility index (Phi) is 6.23. The largest absolute Gasteiger partial charge is 0.356 e. The Bertz CT molecular complexity index is 530. The summed E-state index contributed by atoms with van der Waals surface area (Å²) >= 11 is 1.59. The first-order valence-corrected chi connectivity index (χ1v) is 8.71. The summed E-state index contributed by atoms with van der Waals surface area (Å²) < 4.78 is 1.96. The molecule has 5 heteroatoms. The van der Waals surface area contributed by atoms with Crippen LogP contribution in [0.15, 0.2) is 17.8 Å². The zero-order valence-corrected chi connectivity index (χ0v) is 13.8. The number of carbonyl (C=O) groups excluding carboxylic acids is 1. The van der Waals surface area contributed by atoms with Gasteiger partial charge in [0, 0.05) is 24.3 Å². The van der Waals surface area contributed by atoms with Crippen LogP contribution in [-0.2, 0) is 11.2 Å². The first kappa shape index (κ1) is 16.0. The van der Waals surface area contributed by atoms with Crippen molar-refractivity contribution >= 4 is 22.2 Å². The van der Waals surface area contributed by atoms with E-state index in [0.717, 1.165) is 29.5 Å². The van der Waals surface area contributed by atoms with Crippen LogP contribution >= 0.6 is 11.3 Å². The quantitative estimate of drug-likeness (QED) is 0.719. The minimum atomic E-state index is 0.0722.